The van der Waals surface area contributed by atoms with Crippen molar-refractivity contribution < 1.29 is 4.79 Å². The average molecular weight is 318 g/mol. The summed E-state index contributed by atoms with van der Waals surface area (Å²) in [5, 5.41) is 0.613. The van der Waals surface area contributed by atoms with Gasteiger partial charge in [-0.2, -0.15) is 0 Å². The lowest BCUT2D eigenvalue weighted by atomic mass is 10.1. The quantitative estimate of drug-likeness (QED) is 0.871. The second-order valence-electron chi connectivity index (χ2n) is 6.44. The van der Waals surface area contributed by atoms with Gasteiger partial charge in [-0.1, -0.05) is 13.8 Å². The number of carbonyl (C=O) groups is 1. The minimum Gasteiger partial charge on any atom is -0.339 e. The molecular formula is C17H22N2O2S. The minimum absolute atomic E-state index is 0.0284. The van der Waals surface area contributed by atoms with Crippen LogP contribution in [0.2, 0.25) is 0 Å². The number of hydrogen-bond donors (Lipinski definition) is 0. The largest absolute Gasteiger partial charge is 0.339 e. The van der Waals surface area contributed by atoms with Crippen molar-refractivity contribution >= 4 is 27.3 Å². The zero-order chi connectivity index (χ0) is 15.9. The van der Waals surface area contributed by atoms with Gasteiger partial charge in [-0.3, -0.25) is 9.59 Å². The van der Waals surface area contributed by atoms with Gasteiger partial charge in [0.2, 0.25) is 0 Å². The first-order valence-electron chi connectivity index (χ1n) is 7.91. The fourth-order valence-electron chi connectivity index (χ4n) is 3.14. The summed E-state index contributed by atoms with van der Waals surface area (Å²) in [4.78, 5) is 28.5. The van der Waals surface area contributed by atoms with E-state index in [9.17, 15) is 9.59 Å². The van der Waals surface area contributed by atoms with Gasteiger partial charge in [-0.15, -0.1) is 11.3 Å². The van der Waals surface area contributed by atoms with Crippen LogP contribution in [0, 0.1) is 12.8 Å². The Morgan fingerprint density at radius 1 is 1.32 bits per heavy atom. The van der Waals surface area contributed by atoms with Crippen LogP contribution in [0.4, 0.5) is 0 Å². The van der Waals surface area contributed by atoms with Crippen molar-refractivity contribution in [1.82, 2.24) is 9.47 Å². The van der Waals surface area contributed by atoms with Gasteiger partial charge in [0.1, 0.15) is 0 Å². The monoisotopic (exact) mass is 318 g/mol. The van der Waals surface area contributed by atoms with E-state index in [0.29, 0.717) is 23.4 Å². The number of fused-ring (bicyclic) bond motifs is 1. The minimum atomic E-state index is -0.0295. The summed E-state index contributed by atoms with van der Waals surface area (Å²) in [6, 6.07) is 1.97. The van der Waals surface area contributed by atoms with Crippen LogP contribution in [-0.2, 0) is 6.54 Å². The van der Waals surface area contributed by atoms with E-state index in [0.717, 1.165) is 35.5 Å². The maximum Gasteiger partial charge on any atom is 0.260 e. The Hall–Kier alpha value is -1.62. The third-order valence-corrected chi connectivity index (χ3v) is 5.23. The van der Waals surface area contributed by atoms with Crippen LogP contribution >= 0.6 is 11.3 Å². The Morgan fingerprint density at radius 2 is 2.00 bits per heavy atom. The Bertz CT molecular complexity index is 767. The van der Waals surface area contributed by atoms with Gasteiger partial charge >= 0.3 is 0 Å². The molecule has 0 radical (unpaired) electrons. The highest BCUT2D eigenvalue weighted by Crippen LogP contribution is 2.30. The predicted octanol–water partition coefficient (Wildman–Crippen LogP) is 3.26. The molecule has 0 aliphatic carbocycles. The molecule has 2 aromatic heterocycles. The van der Waals surface area contributed by atoms with Gasteiger partial charge in [0, 0.05) is 35.4 Å². The number of nitrogens with zero attached hydrogens (tertiary/aromatic N) is 2. The van der Waals surface area contributed by atoms with Crippen LogP contribution in [-0.4, -0.2) is 28.5 Å². The lowest BCUT2D eigenvalue weighted by Crippen LogP contribution is -2.30. The third-order valence-electron chi connectivity index (χ3n) is 4.16. The number of carbonyl (C=O) groups excluding carboxylic acids is 1. The maximum absolute atomic E-state index is 12.8. The van der Waals surface area contributed by atoms with Crippen LogP contribution < -0.4 is 5.56 Å². The average Bonchev–Trinajstić information content (AvgIpc) is 3.08. The van der Waals surface area contributed by atoms with E-state index >= 15 is 0 Å². The van der Waals surface area contributed by atoms with Crippen LogP contribution in [0.25, 0.3) is 10.1 Å². The Morgan fingerprint density at radius 3 is 2.64 bits per heavy atom. The fraction of sp³-hybridized carbons (Fsp3) is 0.529. The van der Waals surface area contributed by atoms with E-state index in [1.165, 1.54) is 0 Å². The number of aromatic nitrogens is 1. The van der Waals surface area contributed by atoms with Crippen molar-refractivity contribution in [3.63, 3.8) is 0 Å². The van der Waals surface area contributed by atoms with E-state index in [4.69, 9.17) is 0 Å². The number of aryl methyl sites for hydroxylation is 1. The lowest BCUT2D eigenvalue weighted by molar-refractivity contribution is 0.0794. The Balaban J connectivity index is 2.14. The molecule has 0 atom stereocenters. The molecule has 3 rings (SSSR count). The van der Waals surface area contributed by atoms with Crippen molar-refractivity contribution in [3.8, 4) is 0 Å². The van der Waals surface area contributed by atoms with E-state index in [1.807, 2.05) is 24.1 Å². The number of rotatable bonds is 3. The summed E-state index contributed by atoms with van der Waals surface area (Å²) < 4.78 is 2.66. The molecule has 1 saturated heterocycles. The first-order valence-corrected chi connectivity index (χ1v) is 8.72. The first kappa shape index (κ1) is 15.3. The van der Waals surface area contributed by atoms with Crippen LogP contribution in [0.15, 0.2) is 17.1 Å². The number of hydrogen-bond acceptors (Lipinski definition) is 3. The van der Waals surface area contributed by atoms with Crippen LogP contribution in [0.5, 0.6) is 0 Å². The Kier molecular flexibility index (Phi) is 4.08. The zero-order valence-electron chi connectivity index (χ0n) is 13.4. The molecule has 5 heteroatoms. The molecule has 0 aromatic carbocycles. The summed E-state index contributed by atoms with van der Waals surface area (Å²) in [7, 11) is 0. The summed E-state index contributed by atoms with van der Waals surface area (Å²) in [6.45, 7) is 8.42. The molecule has 0 unspecified atom stereocenters. The topological polar surface area (TPSA) is 42.3 Å². The van der Waals surface area contributed by atoms with E-state index in [1.54, 1.807) is 15.9 Å². The van der Waals surface area contributed by atoms with Gasteiger partial charge in [-0.25, -0.2) is 0 Å². The highest BCUT2D eigenvalue weighted by molar-refractivity contribution is 7.19. The molecule has 1 fully saturated rings. The second kappa shape index (κ2) is 5.88. The molecule has 3 heterocycles. The molecule has 1 aliphatic rings. The molecule has 4 nitrogen and oxygen atoms in total. The van der Waals surface area contributed by atoms with Crippen molar-refractivity contribution in [2.45, 2.75) is 40.2 Å². The number of thiophene rings is 1. The normalized spacial score (nSPS) is 15.2. The standard InChI is InChI=1S/C17H22N2O2S/c1-11(2)10-19-9-6-13-15(17(19)21)14(12(3)22-13)16(20)18-7-4-5-8-18/h6,9,11H,4-5,7-8,10H2,1-3H3. The predicted molar refractivity (Wildman–Crippen MR) is 90.8 cm³/mol. The molecule has 2 aromatic rings. The molecule has 1 amide bonds. The molecule has 118 valence electrons. The second-order valence-corrected chi connectivity index (χ2v) is 7.70. The SMILES string of the molecule is Cc1sc2ccn(CC(C)C)c(=O)c2c1C(=O)N1CCCC1. The van der Waals surface area contributed by atoms with Crippen LogP contribution in [0.3, 0.4) is 0 Å². The summed E-state index contributed by atoms with van der Waals surface area (Å²) >= 11 is 1.55. The fourth-order valence-corrected chi connectivity index (χ4v) is 4.18. The van der Waals surface area contributed by atoms with Gasteiger partial charge in [0.15, 0.2) is 0 Å². The molecular weight excluding hydrogens is 296 g/mol. The summed E-state index contributed by atoms with van der Waals surface area (Å²) in [5.41, 5.74) is 0.600. The highest BCUT2D eigenvalue weighted by atomic mass is 32.1. The zero-order valence-corrected chi connectivity index (χ0v) is 14.2. The summed E-state index contributed by atoms with van der Waals surface area (Å²) in [6.07, 6.45) is 3.97. The van der Waals surface area contributed by atoms with Crippen LogP contribution in [0.1, 0.15) is 41.9 Å². The highest BCUT2D eigenvalue weighted by Gasteiger charge is 2.26. The molecule has 0 saturated carbocycles. The summed E-state index contributed by atoms with van der Waals surface area (Å²) in [5.74, 6) is 0.424. The van der Waals surface area contributed by atoms with E-state index in [-0.39, 0.29) is 11.5 Å². The van der Waals surface area contributed by atoms with E-state index < -0.39 is 0 Å². The molecule has 1 aliphatic heterocycles. The van der Waals surface area contributed by atoms with Gasteiger partial charge in [0.25, 0.3) is 11.5 Å². The Labute approximate surface area is 134 Å². The van der Waals surface area contributed by atoms with E-state index in [2.05, 4.69) is 13.8 Å². The van der Waals surface area contributed by atoms with Crippen molar-refractivity contribution in [3.05, 3.63) is 33.1 Å². The maximum atomic E-state index is 12.8. The van der Waals surface area contributed by atoms with Gasteiger partial charge < -0.3 is 9.47 Å². The number of likely N-dealkylation sites (tertiary alicyclic amines) is 1. The van der Waals surface area contributed by atoms with Crippen molar-refractivity contribution in [2.24, 2.45) is 5.92 Å². The molecule has 0 N–H and O–H groups in total. The number of pyridine rings is 1. The van der Waals surface area contributed by atoms with Crippen molar-refractivity contribution in [1.29, 1.82) is 0 Å². The lowest BCUT2D eigenvalue weighted by Gasteiger charge is -2.15. The first-order chi connectivity index (χ1) is 10.5. The molecule has 22 heavy (non-hydrogen) atoms. The molecule has 0 bridgehead atoms. The number of amides is 1. The van der Waals surface area contributed by atoms with Gasteiger partial charge in [-0.05, 0) is 31.7 Å². The smallest absolute Gasteiger partial charge is 0.260 e. The molecule has 0 spiro atoms. The van der Waals surface area contributed by atoms with Gasteiger partial charge in [0.05, 0.1) is 10.9 Å². The third kappa shape index (κ3) is 2.58. The van der Waals surface area contributed by atoms with Crippen molar-refractivity contribution in [2.75, 3.05) is 13.1 Å².